The number of benzene rings is 2. The summed E-state index contributed by atoms with van der Waals surface area (Å²) in [5.74, 6) is -0.422. The van der Waals surface area contributed by atoms with Gasteiger partial charge in [-0.1, -0.05) is 59.6 Å². The van der Waals surface area contributed by atoms with Crippen molar-refractivity contribution in [1.29, 1.82) is 0 Å². The molecule has 28 heavy (non-hydrogen) atoms. The molecule has 140 valence electrons. The lowest BCUT2D eigenvalue weighted by Gasteiger charge is -2.10. The van der Waals surface area contributed by atoms with Gasteiger partial charge in [-0.05, 0) is 23.3 Å². The summed E-state index contributed by atoms with van der Waals surface area (Å²) < 4.78 is 1.09. The zero-order chi connectivity index (χ0) is 19.7. The van der Waals surface area contributed by atoms with Crippen molar-refractivity contribution < 1.29 is 4.79 Å². The summed E-state index contributed by atoms with van der Waals surface area (Å²) in [5, 5.41) is 3.15. The van der Waals surface area contributed by atoms with Crippen molar-refractivity contribution in [2.24, 2.45) is 0 Å². The number of hydrogen-bond donors (Lipinski definition) is 1. The van der Waals surface area contributed by atoms with Crippen LogP contribution in [-0.2, 0) is 11.2 Å². The highest BCUT2D eigenvalue weighted by molar-refractivity contribution is 7.17. The lowest BCUT2D eigenvalue weighted by molar-refractivity contribution is -0.116. The molecule has 1 amide bonds. The quantitative estimate of drug-likeness (QED) is 0.509. The van der Waals surface area contributed by atoms with E-state index in [4.69, 9.17) is 23.2 Å². The smallest absolute Gasteiger partial charge is 0.273 e. The highest BCUT2D eigenvalue weighted by atomic mass is 35.5. The monoisotopic (exact) mass is 429 g/mol. The van der Waals surface area contributed by atoms with Crippen molar-refractivity contribution in [3.8, 4) is 11.1 Å². The molecule has 5 nitrogen and oxygen atoms in total. The first-order valence-corrected chi connectivity index (χ1v) is 9.95. The van der Waals surface area contributed by atoms with Crippen LogP contribution in [0.1, 0.15) is 5.56 Å². The normalized spacial score (nSPS) is 10.9. The Bertz CT molecular complexity index is 1220. The highest BCUT2D eigenvalue weighted by Crippen LogP contribution is 2.30. The van der Waals surface area contributed by atoms with Crippen molar-refractivity contribution in [3.63, 3.8) is 0 Å². The van der Waals surface area contributed by atoms with Crippen molar-refractivity contribution in [2.75, 3.05) is 5.43 Å². The molecule has 0 radical (unpaired) electrons. The van der Waals surface area contributed by atoms with E-state index in [1.54, 1.807) is 18.2 Å². The Morgan fingerprint density at radius 3 is 2.50 bits per heavy atom. The molecule has 2 heterocycles. The van der Waals surface area contributed by atoms with Crippen LogP contribution in [0, 0.1) is 0 Å². The van der Waals surface area contributed by atoms with Gasteiger partial charge >= 0.3 is 0 Å². The van der Waals surface area contributed by atoms with E-state index in [0.717, 1.165) is 15.8 Å². The van der Waals surface area contributed by atoms with Crippen LogP contribution in [-0.4, -0.2) is 15.6 Å². The molecule has 1 N–H and O–H groups in total. The Labute approximate surface area is 174 Å². The van der Waals surface area contributed by atoms with Crippen LogP contribution in [0.15, 0.2) is 65.0 Å². The Kier molecular flexibility index (Phi) is 5.17. The molecule has 0 saturated heterocycles. The van der Waals surface area contributed by atoms with Gasteiger partial charge in [0.1, 0.15) is 11.2 Å². The SMILES string of the molecule is O=C(Cc1c(Cl)cccc1Cl)Nn1cnc2scc(-c3ccccc3)c2c1=O. The molecule has 0 aliphatic carbocycles. The Balaban J connectivity index is 1.67. The number of fused-ring (bicyclic) bond motifs is 1. The van der Waals surface area contributed by atoms with Gasteiger partial charge in [-0.2, -0.15) is 0 Å². The minimum Gasteiger partial charge on any atom is -0.273 e. The minimum atomic E-state index is -0.422. The van der Waals surface area contributed by atoms with E-state index in [1.165, 1.54) is 17.7 Å². The van der Waals surface area contributed by atoms with Gasteiger partial charge in [-0.3, -0.25) is 15.0 Å². The molecule has 0 unspecified atom stereocenters. The van der Waals surface area contributed by atoms with E-state index >= 15 is 0 Å². The van der Waals surface area contributed by atoms with Gasteiger partial charge < -0.3 is 0 Å². The molecule has 0 atom stereocenters. The number of carbonyl (C=O) groups is 1. The maximum absolute atomic E-state index is 13.0. The van der Waals surface area contributed by atoms with E-state index < -0.39 is 5.91 Å². The van der Waals surface area contributed by atoms with Gasteiger partial charge in [0.05, 0.1) is 11.8 Å². The molecule has 2 aromatic heterocycles. The van der Waals surface area contributed by atoms with Crippen LogP contribution in [0.25, 0.3) is 21.3 Å². The van der Waals surface area contributed by atoms with Gasteiger partial charge in [0.2, 0.25) is 5.91 Å². The van der Waals surface area contributed by atoms with Gasteiger partial charge in [-0.15, -0.1) is 11.3 Å². The fourth-order valence-electron chi connectivity index (χ4n) is 2.88. The largest absolute Gasteiger partial charge is 0.281 e. The molecular weight excluding hydrogens is 417 g/mol. The molecule has 0 bridgehead atoms. The Hall–Kier alpha value is -2.67. The summed E-state index contributed by atoms with van der Waals surface area (Å²) in [5.41, 5.74) is 4.43. The average molecular weight is 430 g/mol. The number of nitrogens with zero attached hydrogens (tertiary/aromatic N) is 2. The summed E-state index contributed by atoms with van der Waals surface area (Å²) in [6.45, 7) is 0. The molecule has 0 fully saturated rings. The van der Waals surface area contributed by atoms with Crippen molar-refractivity contribution in [2.45, 2.75) is 6.42 Å². The van der Waals surface area contributed by atoms with Crippen LogP contribution >= 0.6 is 34.5 Å². The van der Waals surface area contributed by atoms with Crippen LogP contribution in [0.5, 0.6) is 0 Å². The van der Waals surface area contributed by atoms with Crippen molar-refractivity contribution in [1.82, 2.24) is 9.66 Å². The van der Waals surface area contributed by atoms with Crippen molar-refractivity contribution in [3.05, 3.63) is 86.2 Å². The van der Waals surface area contributed by atoms with E-state index in [9.17, 15) is 9.59 Å². The second-order valence-electron chi connectivity index (χ2n) is 6.03. The molecule has 0 aliphatic rings. The molecule has 0 saturated carbocycles. The maximum atomic E-state index is 13.0. The number of amides is 1. The van der Waals surface area contributed by atoms with Crippen LogP contribution in [0.4, 0.5) is 0 Å². The van der Waals surface area contributed by atoms with Gasteiger partial charge in [0.15, 0.2) is 0 Å². The first kappa shape index (κ1) is 18.7. The molecule has 8 heteroatoms. The van der Waals surface area contributed by atoms with Crippen LogP contribution in [0.3, 0.4) is 0 Å². The Morgan fingerprint density at radius 2 is 1.79 bits per heavy atom. The first-order valence-electron chi connectivity index (χ1n) is 8.31. The number of halogens is 2. The molecule has 2 aromatic carbocycles. The third-order valence-corrected chi connectivity index (χ3v) is 5.82. The zero-order valence-electron chi connectivity index (χ0n) is 14.4. The number of aromatic nitrogens is 2. The third-order valence-electron chi connectivity index (χ3n) is 4.22. The standard InChI is InChI=1S/C20H13Cl2N3O2S/c21-15-7-4-8-16(22)13(15)9-17(26)24-25-11-23-19-18(20(25)27)14(10-28-19)12-5-2-1-3-6-12/h1-8,10-11H,9H2,(H,24,26). The number of rotatable bonds is 4. The van der Waals surface area contributed by atoms with Crippen molar-refractivity contribution >= 4 is 50.7 Å². The Morgan fingerprint density at radius 1 is 1.07 bits per heavy atom. The van der Waals surface area contributed by atoms with E-state index in [-0.39, 0.29) is 12.0 Å². The molecular formula is C20H13Cl2N3O2S. The number of nitrogens with one attached hydrogen (secondary N) is 1. The number of hydrogen-bond acceptors (Lipinski definition) is 4. The maximum Gasteiger partial charge on any atom is 0.281 e. The number of thiophene rings is 1. The van der Waals surface area contributed by atoms with Crippen LogP contribution < -0.4 is 11.0 Å². The van der Waals surface area contributed by atoms with Gasteiger partial charge in [0, 0.05) is 21.0 Å². The van der Waals surface area contributed by atoms with Gasteiger partial charge in [-0.25, -0.2) is 9.66 Å². The third kappa shape index (κ3) is 3.54. The van der Waals surface area contributed by atoms with E-state index in [0.29, 0.717) is 25.8 Å². The van der Waals surface area contributed by atoms with E-state index in [1.807, 2.05) is 35.7 Å². The lowest BCUT2D eigenvalue weighted by atomic mass is 10.1. The summed E-state index contributed by atoms with van der Waals surface area (Å²) in [7, 11) is 0. The highest BCUT2D eigenvalue weighted by Gasteiger charge is 2.16. The van der Waals surface area contributed by atoms with Crippen LogP contribution in [0.2, 0.25) is 10.0 Å². The fourth-order valence-corrected chi connectivity index (χ4v) is 4.32. The zero-order valence-corrected chi connectivity index (χ0v) is 16.7. The molecule has 4 rings (SSSR count). The predicted molar refractivity (Wildman–Crippen MR) is 114 cm³/mol. The minimum absolute atomic E-state index is 0.0574. The molecule has 0 spiro atoms. The first-order chi connectivity index (χ1) is 13.5. The molecule has 4 aromatic rings. The summed E-state index contributed by atoms with van der Waals surface area (Å²) in [6.07, 6.45) is 1.25. The average Bonchev–Trinajstić information content (AvgIpc) is 3.13. The van der Waals surface area contributed by atoms with E-state index in [2.05, 4.69) is 10.4 Å². The topological polar surface area (TPSA) is 64.0 Å². The molecule has 0 aliphatic heterocycles. The summed E-state index contributed by atoms with van der Waals surface area (Å²) in [6, 6.07) is 14.6. The summed E-state index contributed by atoms with van der Waals surface area (Å²) >= 11 is 13.6. The summed E-state index contributed by atoms with van der Waals surface area (Å²) in [4.78, 5) is 30.3. The fraction of sp³-hybridized carbons (Fsp3) is 0.0500. The second-order valence-corrected chi connectivity index (χ2v) is 7.70. The lowest BCUT2D eigenvalue weighted by Crippen LogP contribution is -2.34. The second kappa shape index (κ2) is 7.75. The number of carbonyl (C=O) groups excluding carboxylic acids is 1. The predicted octanol–water partition coefficient (Wildman–Crippen LogP) is 4.74. The van der Waals surface area contributed by atoms with Gasteiger partial charge in [0.25, 0.3) is 5.56 Å².